The number of imidazole rings is 1. The number of methoxy groups -OCH3 is 1. The second-order valence-corrected chi connectivity index (χ2v) is 9.07. The Labute approximate surface area is 224 Å². The Morgan fingerprint density at radius 3 is 2.72 bits per heavy atom. The van der Waals surface area contributed by atoms with E-state index in [9.17, 15) is 18.0 Å². The van der Waals surface area contributed by atoms with Crippen LogP contribution in [-0.2, 0) is 9.53 Å². The number of nitrogen functional groups attached to an aromatic ring is 1. The molecule has 4 N–H and O–H groups in total. The molecular formula is C23H24ClF3N8O4. The zero-order valence-corrected chi connectivity index (χ0v) is 21.4. The lowest BCUT2D eigenvalue weighted by Gasteiger charge is -2.27. The van der Waals surface area contributed by atoms with Crippen molar-refractivity contribution in [2.75, 3.05) is 30.8 Å². The first-order valence-corrected chi connectivity index (χ1v) is 11.9. The number of amides is 1. The molecule has 0 bridgehead atoms. The zero-order chi connectivity index (χ0) is 28.5. The van der Waals surface area contributed by atoms with Crippen LogP contribution in [0.3, 0.4) is 0 Å². The Morgan fingerprint density at radius 1 is 1.36 bits per heavy atom. The second-order valence-electron chi connectivity index (χ2n) is 8.66. The van der Waals surface area contributed by atoms with Crippen LogP contribution in [-0.4, -0.2) is 73.4 Å². The number of carbonyl (C=O) groups excluding carboxylic acids is 1. The lowest BCUT2D eigenvalue weighted by Crippen LogP contribution is -2.31. The number of nitrogens with zero attached hydrogens (tertiary/aromatic N) is 6. The molecule has 16 heteroatoms. The number of nitrogens with one attached hydrogen (secondary N) is 1. The zero-order valence-electron chi connectivity index (χ0n) is 20.7. The summed E-state index contributed by atoms with van der Waals surface area (Å²) in [7, 11) is 1.72. The summed E-state index contributed by atoms with van der Waals surface area (Å²) in [5.41, 5.74) is 8.35. The van der Waals surface area contributed by atoms with Crippen molar-refractivity contribution in [1.82, 2.24) is 29.3 Å². The van der Waals surface area contributed by atoms with Crippen LogP contribution in [0.1, 0.15) is 35.3 Å². The quantitative estimate of drug-likeness (QED) is 0.330. The highest BCUT2D eigenvalue weighted by molar-refractivity contribution is 6.34. The van der Waals surface area contributed by atoms with Crippen molar-refractivity contribution < 1.29 is 32.6 Å². The van der Waals surface area contributed by atoms with E-state index in [0.29, 0.717) is 10.7 Å². The number of hydrogen-bond donors (Lipinski definition) is 3. The van der Waals surface area contributed by atoms with E-state index in [0.717, 1.165) is 36.4 Å². The number of aromatic nitrogens is 5. The molecule has 12 nitrogen and oxygen atoms in total. The first-order chi connectivity index (χ1) is 18.4. The van der Waals surface area contributed by atoms with Gasteiger partial charge in [0.2, 0.25) is 0 Å². The van der Waals surface area contributed by atoms with E-state index in [1.807, 2.05) is 17.4 Å². The van der Waals surface area contributed by atoms with E-state index in [1.165, 1.54) is 4.52 Å². The van der Waals surface area contributed by atoms with Crippen molar-refractivity contribution in [3.8, 4) is 0 Å². The van der Waals surface area contributed by atoms with Gasteiger partial charge in [0.15, 0.2) is 11.5 Å². The molecule has 2 atom stereocenters. The third-order valence-electron chi connectivity index (χ3n) is 6.14. The molecular weight excluding hydrogens is 545 g/mol. The smallest absolute Gasteiger partial charge is 0.475 e. The number of pyridine rings is 1. The lowest BCUT2D eigenvalue weighted by molar-refractivity contribution is -0.192. The van der Waals surface area contributed by atoms with Crippen molar-refractivity contribution in [1.29, 1.82) is 0 Å². The first-order valence-electron chi connectivity index (χ1n) is 11.5. The fourth-order valence-electron chi connectivity index (χ4n) is 4.29. The van der Waals surface area contributed by atoms with Crippen LogP contribution >= 0.6 is 11.6 Å². The maximum absolute atomic E-state index is 13.2. The predicted molar refractivity (Wildman–Crippen MR) is 135 cm³/mol. The first kappa shape index (κ1) is 27.9. The molecule has 39 heavy (non-hydrogen) atoms. The van der Waals surface area contributed by atoms with Crippen LogP contribution in [0, 0.1) is 0 Å². The number of rotatable bonds is 5. The van der Waals surface area contributed by atoms with Crippen molar-refractivity contribution in [3.05, 3.63) is 53.2 Å². The van der Waals surface area contributed by atoms with Gasteiger partial charge in [-0.3, -0.25) is 9.20 Å². The number of carbonyl (C=O) groups is 2. The van der Waals surface area contributed by atoms with Crippen molar-refractivity contribution in [2.45, 2.75) is 31.7 Å². The second kappa shape index (κ2) is 10.9. The Kier molecular flexibility index (Phi) is 7.83. The summed E-state index contributed by atoms with van der Waals surface area (Å²) < 4.78 is 40.7. The molecule has 4 aromatic rings. The minimum absolute atomic E-state index is 0.124. The molecule has 0 aromatic carbocycles. The van der Waals surface area contributed by atoms with Crippen LogP contribution in [0.2, 0.25) is 5.02 Å². The fourth-order valence-corrected chi connectivity index (χ4v) is 4.55. The Morgan fingerprint density at radius 2 is 2.08 bits per heavy atom. The summed E-state index contributed by atoms with van der Waals surface area (Å²) >= 11 is 6.56. The highest BCUT2D eigenvalue weighted by Gasteiger charge is 2.38. The van der Waals surface area contributed by atoms with E-state index in [-0.39, 0.29) is 29.4 Å². The Hall–Kier alpha value is -4.11. The number of anilines is 2. The molecule has 0 spiro atoms. The topological polar surface area (TPSA) is 152 Å². The molecule has 5 rings (SSSR count). The molecule has 0 aliphatic carbocycles. The van der Waals surface area contributed by atoms with Gasteiger partial charge in [0.1, 0.15) is 17.7 Å². The highest BCUT2D eigenvalue weighted by Crippen LogP contribution is 2.35. The molecule has 208 valence electrons. The average Bonchev–Trinajstić information content (AvgIpc) is 3.61. The summed E-state index contributed by atoms with van der Waals surface area (Å²) in [4.78, 5) is 32.9. The molecule has 4 aromatic heterocycles. The monoisotopic (exact) mass is 568 g/mol. The number of fused-ring (bicyclic) bond motifs is 2. The van der Waals surface area contributed by atoms with E-state index < -0.39 is 12.1 Å². The third-order valence-corrected chi connectivity index (χ3v) is 6.44. The van der Waals surface area contributed by atoms with Gasteiger partial charge in [-0.1, -0.05) is 11.6 Å². The van der Waals surface area contributed by atoms with E-state index in [2.05, 4.69) is 25.3 Å². The fraction of sp³-hybridized carbons (Fsp3) is 0.348. The number of hydrogen-bond acceptors (Lipinski definition) is 8. The molecule has 1 fully saturated rings. The lowest BCUT2D eigenvalue weighted by atomic mass is 10.1. The maximum atomic E-state index is 13.2. The Bertz CT molecular complexity index is 1520. The van der Waals surface area contributed by atoms with Gasteiger partial charge >= 0.3 is 12.1 Å². The van der Waals surface area contributed by atoms with Gasteiger partial charge in [-0.2, -0.15) is 13.2 Å². The summed E-state index contributed by atoms with van der Waals surface area (Å²) in [6, 6.07) is 3.24. The number of carboxylic acid groups (broad SMARTS) is 1. The molecule has 1 amide bonds. The van der Waals surface area contributed by atoms with Gasteiger partial charge in [-0.05, 0) is 25.5 Å². The number of halogens is 4. The Balaban J connectivity index is 0.000000448. The van der Waals surface area contributed by atoms with E-state index in [4.69, 9.17) is 32.0 Å². The molecule has 1 saturated heterocycles. The van der Waals surface area contributed by atoms with Crippen molar-refractivity contribution in [3.63, 3.8) is 0 Å². The molecule has 1 aliphatic heterocycles. The minimum Gasteiger partial charge on any atom is -0.475 e. The number of nitrogens with two attached hydrogens (primary N) is 1. The normalized spacial score (nSPS) is 16.3. The average molecular weight is 569 g/mol. The maximum Gasteiger partial charge on any atom is 0.490 e. The van der Waals surface area contributed by atoms with Crippen LogP contribution in [0.4, 0.5) is 24.8 Å². The number of ether oxygens (including phenoxy) is 1. The molecule has 1 aliphatic rings. The highest BCUT2D eigenvalue weighted by atomic mass is 35.5. The van der Waals surface area contributed by atoms with E-state index >= 15 is 0 Å². The van der Waals surface area contributed by atoms with E-state index in [1.54, 1.807) is 38.1 Å². The van der Waals surface area contributed by atoms with Gasteiger partial charge < -0.3 is 25.8 Å². The standard InChI is InChI=1S/C21H23ClN8O2.C2HF3O2/c1-12(26-20(31)17-18(23)27-30-6-3-5-25-19(17)30)14-8-15(22)16-9-24-11-29(16)21(14)28-7-4-13(10-28)32-2;3-2(4,5)1(6)7/h3,5-6,8-9,11-13H,4,7,10H2,1-2H3,(H2,23,27)(H,26,31);(H,6,7). The number of alkyl halides is 3. The minimum atomic E-state index is -5.08. The molecule has 0 saturated carbocycles. The summed E-state index contributed by atoms with van der Waals surface area (Å²) in [6.07, 6.45) is 2.74. The number of aliphatic carboxylic acids is 1. The molecule has 5 heterocycles. The van der Waals surface area contributed by atoms with Crippen LogP contribution in [0.25, 0.3) is 11.2 Å². The van der Waals surface area contributed by atoms with Gasteiger partial charge in [-0.15, -0.1) is 5.10 Å². The summed E-state index contributed by atoms with van der Waals surface area (Å²) in [5.74, 6) is -2.06. The van der Waals surface area contributed by atoms with Gasteiger partial charge in [0.05, 0.1) is 28.9 Å². The summed E-state index contributed by atoms with van der Waals surface area (Å²) in [5, 5.41) is 14.9. The third kappa shape index (κ3) is 5.68. The largest absolute Gasteiger partial charge is 0.490 e. The predicted octanol–water partition coefficient (Wildman–Crippen LogP) is 2.96. The van der Waals surface area contributed by atoms with Gasteiger partial charge in [0, 0.05) is 38.2 Å². The molecule has 2 unspecified atom stereocenters. The van der Waals surface area contributed by atoms with Crippen LogP contribution in [0.5, 0.6) is 0 Å². The van der Waals surface area contributed by atoms with Gasteiger partial charge in [-0.25, -0.2) is 19.3 Å². The van der Waals surface area contributed by atoms with Crippen molar-refractivity contribution in [2.24, 2.45) is 0 Å². The summed E-state index contributed by atoms with van der Waals surface area (Å²) in [6.45, 7) is 3.48. The number of carboxylic acids is 1. The SMILES string of the molecule is COC1CCN(c2c(C(C)NC(=O)c3c(N)nn4cccnc34)cc(Cl)c3cncn23)C1.O=C(O)C(F)(F)F. The van der Waals surface area contributed by atoms with Gasteiger partial charge in [0.25, 0.3) is 5.91 Å². The van der Waals surface area contributed by atoms with Crippen LogP contribution < -0.4 is 16.0 Å². The molecule has 0 radical (unpaired) electrons. The van der Waals surface area contributed by atoms with Crippen molar-refractivity contribution >= 4 is 46.3 Å². The van der Waals surface area contributed by atoms with Crippen LogP contribution in [0.15, 0.2) is 37.1 Å².